The molecule has 0 aliphatic rings. The van der Waals surface area contributed by atoms with Crippen LogP contribution >= 0.6 is 0 Å². The van der Waals surface area contributed by atoms with Gasteiger partial charge in [0, 0.05) is 19.3 Å². The number of unbranched alkanes of at least 4 members (excludes halogenated alkanes) is 30. The van der Waals surface area contributed by atoms with E-state index in [0.29, 0.717) is 12.8 Å². The number of carbonyl (C=O) groups excluding carboxylic acids is 3. The fraction of sp³-hybridized carbons (Fsp3) is 0.842. The van der Waals surface area contributed by atoms with E-state index in [9.17, 15) is 19.5 Å². The van der Waals surface area contributed by atoms with E-state index in [4.69, 9.17) is 14.2 Å². The average Bonchev–Trinajstić information content (AvgIpc) is 3.27. The van der Waals surface area contributed by atoms with Crippen molar-refractivity contribution in [2.24, 2.45) is 0 Å². The molecule has 65 heavy (non-hydrogen) atoms. The molecule has 0 saturated heterocycles. The Kier molecular flexibility index (Phi) is 46.2. The number of aliphatic carboxylic acids is 1. The summed E-state index contributed by atoms with van der Waals surface area (Å²) in [4.78, 5) is 37.1. The molecule has 0 aromatic rings. The predicted molar refractivity (Wildman–Crippen MR) is 273 cm³/mol. The van der Waals surface area contributed by atoms with Crippen LogP contribution in [-0.4, -0.2) is 75.5 Å². The lowest BCUT2D eigenvalue weighted by molar-refractivity contribution is -0.889. The Morgan fingerprint density at radius 2 is 0.862 bits per heavy atom. The number of carboxylic acid groups (broad SMARTS) is 1. The zero-order valence-electron chi connectivity index (χ0n) is 43.4. The van der Waals surface area contributed by atoms with Gasteiger partial charge in [-0.05, 0) is 44.9 Å². The number of allylic oxidation sites excluding steroid dienone is 6. The van der Waals surface area contributed by atoms with Crippen molar-refractivity contribution in [3.63, 3.8) is 0 Å². The molecule has 0 heterocycles. The van der Waals surface area contributed by atoms with Gasteiger partial charge >= 0.3 is 11.9 Å². The van der Waals surface area contributed by atoms with E-state index in [1.54, 1.807) is 0 Å². The van der Waals surface area contributed by atoms with Crippen LogP contribution in [0.25, 0.3) is 0 Å². The number of carbonyl (C=O) groups is 3. The second-order valence-corrected chi connectivity index (χ2v) is 19.8. The molecular formula is C57H105NO7. The molecule has 0 aliphatic heterocycles. The Morgan fingerprint density at radius 3 is 1.28 bits per heavy atom. The summed E-state index contributed by atoms with van der Waals surface area (Å²) in [6.07, 6.45) is 57.5. The van der Waals surface area contributed by atoms with Crippen molar-refractivity contribution in [1.29, 1.82) is 0 Å². The lowest BCUT2D eigenvalue weighted by Gasteiger charge is -2.34. The average molecular weight is 916 g/mol. The maximum absolute atomic E-state index is 12.8. The van der Waals surface area contributed by atoms with E-state index in [0.717, 1.165) is 57.8 Å². The van der Waals surface area contributed by atoms with Crippen molar-refractivity contribution < 1.29 is 38.2 Å². The van der Waals surface area contributed by atoms with Gasteiger partial charge in [0.1, 0.15) is 12.6 Å². The van der Waals surface area contributed by atoms with Crippen molar-refractivity contribution >= 4 is 17.9 Å². The quantitative estimate of drug-likeness (QED) is 0.0259. The third kappa shape index (κ3) is 46.4. The fourth-order valence-electron chi connectivity index (χ4n) is 8.32. The van der Waals surface area contributed by atoms with Crippen LogP contribution < -0.4 is 5.11 Å². The normalized spacial score (nSPS) is 13.1. The molecule has 2 atom stereocenters. The number of rotatable bonds is 50. The van der Waals surface area contributed by atoms with Gasteiger partial charge < -0.3 is 28.6 Å². The number of hydrogen-bond acceptors (Lipinski definition) is 7. The maximum atomic E-state index is 12.8. The van der Waals surface area contributed by atoms with Crippen LogP contribution in [0.2, 0.25) is 0 Å². The molecule has 8 heteroatoms. The van der Waals surface area contributed by atoms with E-state index in [1.165, 1.54) is 167 Å². The van der Waals surface area contributed by atoms with Crippen molar-refractivity contribution in [2.75, 3.05) is 41.0 Å². The monoisotopic (exact) mass is 916 g/mol. The van der Waals surface area contributed by atoms with Gasteiger partial charge in [0.25, 0.3) is 0 Å². The number of carboxylic acids is 1. The molecule has 0 aromatic carbocycles. The van der Waals surface area contributed by atoms with E-state index >= 15 is 0 Å². The predicted octanol–water partition coefficient (Wildman–Crippen LogP) is 14.8. The molecule has 0 rings (SSSR count). The first-order valence-corrected chi connectivity index (χ1v) is 27.5. The van der Waals surface area contributed by atoms with Crippen molar-refractivity contribution in [1.82, 2.24) is 0 Å². The number of likely N-dealkylation sites (N-methyl/N-ethyl adjacent to an activating group) is 1. The van der Waals surface area contributed by atoms with E-state index in [-0.39, 0.29) is 42.7 Å². The van der Waals surface area contributed by atoms with Crippen molar-refractivity contribution in [2.45, 2.75) is 270 Å². The zero-order valence-corrected chi connectivity index (χ0v) is 43.4. The first-order chi connectivity index (χ1) is 31.6. The molecule has 0 saturated carbocycles. The summed E-state index contributed by atoms with van der Waals surface area (Å²) < 4.78 is 17.3. The van der Waals surface area contributed by atoms with Gasteiger partial charge in [0.15, 0.2) is 6.10 Å². The van der Waals surface area contributed by atoms with Gasteiger partial charge in [-0.15, -0.1) is 0 Å². The van der Waals surface area contributed by atoms with Crippen molar-refractivity contribution in [3.8, 4) is 0 Å². The number of esters is 2. The molecule has 8 nitrogen and oxygen atoms in total. The van der Waals surface area contributed by atoms with Gasteiger partial charge in [-0.3, -0.25) is 9.59 Å². The number of ether oxygens (including phenoxy) is 3. The molecule has 0 amide bonds. The number of quaternary nitrogens is 1. The molecule has 2 unspecified atom stereocenters. The van der Waals surface area contributed by atoms with Crippen LogP contribution in [0.3, 0.4) is 0 Å². The highest BCUT2D eigenvalue weighted by Gasteiger charge is 2.25. The van der Waals surface area contributed by atoms with Crippen molar-refractivity contribution in [3.05, 3.63) is 36.5 Å². The fourth-order valence-corrected chi connectivity index (χ4v) is 8.32. The molecule has 0 radical (unpaired) electrons. The van der Waals surface area contributed by atoms with E-state index < -0.39 is 18.1 Å². The summed E-state index contributed by atoms with van der Waals surface area (Å²) in [6, 6.07) is -0.725. The summed E-state index contributed by atoms with van der Waals surface area (Å²) in [5, 5.41) is 11.7. The summed E-state index contributed by atoms with van der Waals surface area (Å²) in [5.41, 5.74) is 0. The molecule has 0 aliphatic carbocycles. The van der Waals surface area contributed by atoms with Gasteiger partial charge in [0.05, 0.1) is 40.3 Å². The lowest BCUT2D eigenvalue weighted by atomic mass is 10.0. The Bertz CT molecular complexity index is 1160. The zero-order chi connectivity index (χ0) is 47.7. The molecule has 0 bridgehead atoms. The minimum absolute atomic E-state index is 0.0434. The molecule has 380 valence electrons. The summed E-state index contributed by atoms with van der Waals surface area (Å²) in [5.74, 6) is -1.72. The summed E-state index contributed by atoms with van der Waals surface area (Å²) in [7, 11) is 5.43. The van der Waals surface area contributed by atoms with Crippen LogP contribution in [0.1, 0.15) is 258 Å². The van der Waals surface area contributed by atoms with Gasteiger partial charge in [0.2, 0.25) is 0 Å². The van der Waals surface area contributed by atoms with Gasteiger partial charge in [-0.1, -0.05) is 230 Å². The van der Waals surface area contributed by atoms with Crippen LogP contribution in [0, 0.1) is 0 Å². The molecule has 0 N–H and O–H groups in total. The molecule has 0 aromatic heterocycles. The number of hydrogen-bond donors (Lipinski definition) is 0. The minimum atomic E-state index is -1.12. The Balaban J connectivity index is 4.17. The topological polar surface area (TPSA) is 102 Å². The highest BCUT2D eigenvalue weighted by atomic mass is 16.6. The first kappa shape index (κ1) is 62.5. The van der Waals surface area contributed by atoms with Crippen LogP contribution in [0.15, 0.2) is 36.5 Å². The molecule has 0 spiro atoms. The second kappa shape index (κ2) is 48.0. The van der Waals surface area contributed by atoms with E-state index in [2.05, 4.69) is 50.3 Å². The second-order valence-electron chi connectivity index (χ2n) is 19.8. The Hall–Kier alpha value is -2.45. The smallest absolute Gasteiger partial charge is 0.306 e. The Morgan fingerprint density at radius 1 is 0.477 bits per heavy atom. The third-order valence-electron chi connectivity index (χ3n) is 12.5. The van der Waals surface area contributed by atoms with Crippen LogP contribution in [-0.2, 0) is 28.6 Å². The van der Waals surface area contributed by atoms with E-state index in [1.807, 2.05) is 21.1 Å². The standard InChI is InChI=1S/C57H105NO7/c1-6-8-10-12-14-16-18-20-22-24-26-28-30-32-34-36-38-40-42-44-46-48-56(60)65-53(51-63-50-49-54(57(61)62)58(3,4)5)52-64-55(59)47-45-43-41-39-37-35-33-31-29-27-25-23-21-19-17-15-13-11-9-7-2/h9,11,15,17,21,23,53-54H,6-8,10,12-14,16,18-20,22,24-52H2,1-5H3/b11-9+,17-15+,23-21+. The first-order valence-electron chi connectivity index (χ1n) is 27.5. The summed E-state index contributed by atoms with van der Waals surface area (Å²) in [6.45, 7) is 4.60. The highest BCUT2D eigenvalue weighted by molar-refractivity contribution is 5.70. The van der Waals surface area contributed by atoms with Gasteiger partial charge in [-0.2, -0.15) is 0 Å². The largest absolute Gasteiger partial charge is 0.544 e. The number of nitrogens with zero attached hydrogens (tertiary/aromatic N) is 1. The maximum Gasteiger partial charge on any atom is 0.306 e. The van der Waals surface area contributed by atoms with Crippen LogP contribution in [0.5, 0.6) is 0 Å². The third-order valence-corrected chi connectivity index (χ3v) is 12.5. The minimum Gasteiger partial charge on any atom is -0.544 e. The molecular weight excluding hydrogens is 811 g/mol. The Labute approximate surface area is 402 Å². The van der Waals surface area contributed by atoms with Crippen LogP contribution in [0.4, 0.5) is 0 Å². The highest BCUT2D eigenvalue weighted by Crippen LogP contribution is 2.17. The lowest BCUT2D eigenvalue weighted by Crippen LogP contribution is -2.55. The summed E-state index contributed by atoms with van der Waals surface area (Å²) >= 11 is 0. The molecule has 0 fully saturated rings. The van der Waals surface area contributed by atoms with Gasteiger partial charge in [-0.25, -0.2) is 0 Å². The SMILES string of the molecule is CC/C=C/C/C=C/C/C=C/CCCCCCCCCCCCC(=O)OCC(COCCC(C(=O)[O-])[N+](C)(C)C)OC(=O)CCCCCCCCCCCCCCCCCCCCCCC.